The van der Waals surface area contributed by atoms with Crippen LogP contribution in [0, 0.1) is 0 Å². The zero-order valence-corrected chi connectivity index (χ0v) is 9.63. The first-order valence-electron chi connectivity index (χ1n) is 5.20. The minimum absolute atomic E-state index is 0.516. The van der Waals surface area contributed by atoms with Crippen molar-refractivity contribution in [2.45, 2.75) is 12.8 Å². The van der Waals surface area contributed by atoms with Crippen molar-refractivity contribution in [3.8, 4) is 0 Å². The van der Waals surface area contributed by atoms with Crippen LogP contribution in [0.15, 0.2) is 35.2 Å². The molecule has 5 nitrogen and oxygen atoms in total. The number of fused-ring (bicyclic) bond motifs is 1. The van der Waals surface area contributed by atoms with E-state index in [0.717, 1.165) is 24.4 Å². The number of nitrogens with zero attached hydrogens (tertiary/aromatic N) is 4. The lowest BCUT2D eigenvalue weighted by molar-refractivity contribution is 0.506. The van der Waals surface area contributed by atoms with Gasteiger partial charge in [-0.1, -0.05) is 11.6 Å². The van der Waals surface area contributed by atoms with Crippen molar-refractivity contribution in [2.24, 2.45) is 0 Å². The molecule has 0 spiro atoms. The van der Waals surface area contributed by atoms with E-state index >= 15 is 0 Å². The molecule has 0 fully saturated rings. The largest absolute Gasteiger partial charge is 0.469 e. The summed E-state index contributed by atoms with van der Waals surface area (Å²) in [6.45, 7) is 0. The number of hydrogen-bond donors (Lipinski definition) is 0. The van der Waals surface area contributed by atoms with Gasteiger partial charge in [0.2, 0.25) is 0 Å². The molecule has 3 heterocycles. The Morgan fingerprint density at radius 3 is 3.00 bits per heavy atom. The summed E-state index contributed by atoms with van der Waals surface area (Å²) >= 11 is 6.06. The van der Waals surface area contributed by atoms with Crippen LogP contribution in [0.2, 0.25) is 5.15 Å². The van der Waals surface area contributed by atoms with Gasteiger partial charge in [0.1, 0.15) is 16.7 Å². The third-order valence-corrected chi connectivity index (χ3v) is 2.78. The maximum Gasteiger partial charge on any atom is 0.180 e. The van der Waals surface area contributed by atoms with Gasteiger partial charge in [-0.2, -0.15) is 0 Å². The lowest BCUT2D eigenvalue weighted by atomic mass is 10.2. The summed E-state index contributed by atoms with van der Waals surface area (Å²) in [5.41, 5.74) is 0.659. The first-order valence-corrected chi connectivity index (χ1v) is 5.58. The van der Waals surface area contributed by atoms with E-state index < -0.39 is 0 Å². The van der Waals surface area contributed by atoms with Crippen molar-refractivity contribution >= 4 is 17.2 Å². The summed E-state index contributed by atoms with van der Waals surface area (Å²) < 4.78 is 7.06. The number of aryl methyl sites for hydroxylation is 2. The lowest BCUT2D eigenvalue weighted by Crippen LogP contribution is -1.99. The van der Waals surface area contributed by atoms with Gasteiger partial charge < -0.3 is 4.42 Å². The fourth-order valence-electron chi connectivity index (χ4n) is 1.72. The lowest BCUT2D eigenvalue weighted by Gasteiger charge is -2.00. The third kappa shape index (κ3) is 1.89. The average molecular weight is 249 g/mol. The number of hydrogen-bond acceptors (Lipinski definition) is 4. The molecule has 0 aliphatic rings. The third-order valence-electron chi connectivity index (χ3n) is 2.51. The van der Waals surface area contributed by atoms with Crippen LogP contribution in [-0.4, -0.2) is 19.6 Å². The SMILES string of the molecule is Clc1cncc2nnc(CCc3ccco3)n12. The smallest absolute Gasteiger partial charge is 0.180 e. The second-order valence-electron chi connectivity index (χ2n) is 3.62. The molecular weight excluding hydrogens is 240 g/mol. The van der Waals surface area contributed by atoms with Gasteiger partial charge in [0, 0.05) is 12.8 Å². The molecule has 86 valence electrons. The van der Waals surface area contributed by atoms with Crippen LogP contribution in [0.1, 0.15) is 11.6 Å². The molecule has 0 bridgehead atoms. The Kier molecular flexibility index (Phi) is 2.53. The monoisotopic (exact) mass is 248 g/mol. The zero-order valence-electron chi connectivity index (χ0n) is 8.88. The van der Waals surface area contributed by atoms with Crippen molar-refractivity contribution < 1.29 is 4.42 Å². The molecule has 17 heavy (non-hydrogen) atoms. The van der Waals surface area contributed by atoms with Gasteiger partial charge in [0.05, 0.1) is 18.7 Å². The molecule has 0 saturated heterocycles. The van der Waals surface area contributed by atoms with Crippen LogP contribution in [-0.2, 0) is 12.8 Å². The van der Waals surface area contributed by atoms with E-state index in [2.05, 4.69) is 15.2 Å². The normalized spacial score (nSPS) is 11.1. The van der Waals surface area contributed by atoms with E-state index in [9.17, 15) is 0 Å². The van der Waals surface area contributed by atoms with E-state index in [-0.39, 0.29) is 0 Å². The van der Waals surface area contributed by atoms with Crippen molar-refractivity contribution in [3.05, 3.63) is 47.5 Å². The minimum atomic E-state index is 0.516. The van der Waals surface area contributed by atoms with E-state index in [1.54, 1.807) is 23.1 Å². The summed E-state index contributed by atoms with van der Waals surface area (Å²) in [4.78, 5) is 3.96. The number of halogens is 1. The molecule has 0 aliphatic heterocycles. The highest BCUT2D eigenvalue weighted by Crippen LogP contribution is 2.13. The minimum Gasteiger partial charge on any atom is -0.469 e. The summed E-state index contributed by atoms with van der Waals surface area (Å²) in [6.07, 6.45) is 6.36. The molecule has 0 unspecified atom stereocenters. The number of rotatable bonds is 3. The maximum absolute atomic E-state index is 6.06. The Morgan fingerprint density at radius 1 is 1.24 bits per heavy atom. The highest BCUT2D eigenvalue weighted by molar-refractivity contribution is 6.29. The topological polar surface area (TPSA) is 56.2 Å². The van der Waals surface area contributed by atoms with E-state index in [0.29, 0.717) is 10.8 Å². The predicted molar refractivity (Wildman–Crippen MR) is 61.9 cm³/mol. The zero-order chi connectivity index (χ0) is 11.7. The molecule has 0 atom stereocenters. The fourth-order valence-corrected chi connectivity index (χ4v) is 1.96. The van der Waals surface area contributed by atoms with Gasteiger partial charge in [0.25, 0.3) is 0 Å². The van der Waals surface area contributed by atoms with Crippen LogP contribution in [0.4, 0.5) is 0 Å². The summed E-state index contributed by atoms with van der Waals surface area (Å²) in [7, 11) is 0. The van der Waals surface area contributed by atoms with Crippen molar-refractivity contribution in [1.29, 1.82) is 0 Å². The molecule has 0 aromatic carbocycles. The maximum atomic E-state index is 6.06. The summed E-state index contributed by atoms with van der Waals surface area (Å²) in [6, 6.07) is 3.81. The van der Waals surface area contributed by atoms with Gasteiger partial charge in [0.15, 0.2) is 5.65 Å². The molecule has 0 radical (unpaired) electrons. The average Bonchev–Trinajstić information content (AvgIpc) is 2.95. The molecule has 0 amide bonds. The highest BCUT2D eigenvalue weighted by Gasteiger charge is 2.09. The molecule has 3 aromatic heterocycles. The second-order valence-corrected chi connectivity index (χ2v) is 4.01. The Morgan fingerprint density at radius 2 is 2.18 bits per heavy atom. The van der Waals surface area contributed by atoms with Crippen molar-refractivity contribution in [1.82, 2.24) is 19.6 Å². The molecule has 0 N–H and O–H groups in total. The van der Waals surface area contributed by atoms with Crippen LogP contribution < -0.4 is 0 Å². The molecule has 0 saturated carbocycles. The van der Waals surface area contributed by atoms with Gasteiger partial charge >= 0.3 is 0 Å². The molecule has 3 aromatic rings. The Labute approximate surface area is 102 Å². The number of furan rings is 1. The predicted octanol–water partition coefficient (Wildman–Crippen LogP) is 2.16. The second kappa shape index (κ2) is 4.18. The molecule has 0 aliphatic carbocycles. The van der Waals surface area contributed by atoms with Crippen LogP contribution in [0.25, 0.3) is 5.65 Å². The quantitative estimate of drug-likeness (QED) is 0.713. The fraction of sp³-hybridized carbons (Fsp3) is 0.182. The van der Waals surface area contributed by atoms with Crippen LogP contribution in [0.5, 0.6) is 0 Å². The standard InChI is InChI=1S/C11H9ClN4O/c12-9-6-13-7-11-15-14-10(16(9)11)4-3-8-2-1-5-17-8/h1-2,5-7H,3-4H2. The Bertz CT molecular complexity index is 632. The summed E-state index contributed by atoms with van der Waals surface area (Å²) in [5.74, 6) is 1.73. The summed E-state index contributed by atoms with van der Waals surface area (Å²) in [5, 5.41) is 8.63. The van der Waals surface area contributed by atoms with Gasteiger partial charge in [-0.15, -0.1) is 10.2 Å². The number of aromatic nitrogens is 4. The van der Waals surface area contributed by atoms with Crippen molar-refractivity contribution in [2.75, 3.05) is 0 Å². The molecule has 3 rings (SSSR count). The Balaban J connectivity index is 1.90. The first kappa shape index (κ1) is 10.3. The van der Waals surface area contributed by atoms with Crippen LogP contribution >= 0.6 is 11.6 Å². The van der Waals surface area contributed by atoms with E-state index in [1.165, 1.54) is 0 Å². The van der Waals surface area contributed by atoms with Crippen LogP contribution in [0.3, 0.4) is 0 Å². The van der Waals surface area contributed by atoms with Gasteiger partial charge in [-0.25, -0.2) is 0 Å². The van der Waals surface area contributed by atoms with Gasteiger partial charge in [-0.3, -0.25) is 9.38 Å². The first-order chi connectivity index (χ1) is 8.34. The van der Waals surface area contributed by atoms with Crippen molar-refractivity contribution in [3.63, 3.8) is 0 Å². The Hall–Kier alpha value is -1.88. The molecular formula is C11H9ClN4O. The highest BCUT2D eigenvalue weighted by atomic mass is 35.5. The van der Waals surface area contributed by atoms with Gasteiger partial charge in [-0.05, 0) is 12.1 Å². The molecule has 6 heteroatoms. The van der Waals surface area contributed by atoms with E-state index in [1.807, 2.05) is 12.1 Å². The van der Waals surface area contributed by atoms with E-state index in [4.69, 9.17) is 16.0 Å².